The Balaban J connectivity index is 1.61. The molecule has 26 heavy (non-hydrogen) atoms. The van der Waals surface area contributed by atoms with E-state index in [1.165, 1.54) is 11.0 Å². The number of benzene rings is 2. The van der Waals surface area contributed by atoms with Crippen molar-refractivity contribution in [2.75, 3.05) is 36.4 Å². The number of piperazine rings is 1. The number of carbonyl (C=O) groups excluding carboxylic acids is 2. The number of nitrogens with one attached hydrogen (secondary N) is 1. The van der Waals surface area contributed by atoms with Crippen molar-refractivity contribution >= 4 is 23.2 Å². The molecule has 0 spiro atoms. The first kappa shape index (κ1) is 17.8. The van der Waals surface area contributed by atoms with Gasteiger partial charge in [0.2, 0.25) is 0 Å². The molecular weight excluding hydrogens is 347 g/mol. The summed E-state index contributed by atoms with van der Waals surface area (Å²) in [6.45, 7) is 1.07. The van der Waals surface area contributed by atoms with Gasteiger partial charge in [0.15, 0.2) is 0 Å². The highest BCUT2D eigenvalue weighted by Crippen LogP contribution is 2.21. The third-order valence-electron chi connectivity index (χ3n) is 4.16. The third-order valence-corrected chi connectivity index (χ3v) is 4.16. The van der Waals surface area contributed by atoms with Gasteiger partial charge in [-0.1, -0.05) is 18.2 Å². The smallest absolute Gasteiger partial charge is 0.314 e. The number of para-hydroxylation sites is 2. The molecule has 2 amide bonds. The highest BCUT2D eigenvalue weighted by molar-refractivity contribution is 6.39. The maximum absolute atomic E-state index is 13.8. The zero-order chi connectivity index (χ0) is 18.7. The second-order valence-corrected chi connectivity index (χ2v) is 5.78. The maximum Gasteiger partial charge on any atom is 0.314 e. The van der Waals surface area contributed by atoms with Crippen LogP contribution in [0.15, 0.2) is 42.5 Å². The summed E-state index contributed by atoms with van der Waals surface area (Å²) in [6.07, 6.45) is 0. The summed E-state index contributed by atoms with van der Waals surface area (Å²) >= 11 is 0. The molecule has 1 fully saturated rings. The fourth-order valence-corrected chi connectivity index (χ4v) is 2.79. The van der Waals surface area contributed by atoms with Gasteiger partial charge >= 0.3 is 11.8 Å². The van der Waals surface area contributed by atoms with Crippen molar-refractivity contribution in [3.8, 4) is 0 Å². The van der Waals surface area contributed by atoms with Crippen LogP contribution in [0.5, 0.6) is 0 Å². The third kappa shape index (κ3) is 3.63. The Hall–Kier alpha value is -3.03. The molecule has 1 heterocycles. The van der Waals surface area contributed by atoms with E-state index in [1.54, 1.807) is 23.1 Å². The van der Waals surface area contributed by atoms with Crippen LogP contribution in [0, 0.1) is 17.5 Å². The first-order valence-electron chi connectivity index (χ1n) is 8.01. The van der Waals surface area contributed by atoms with Crippen LogP contribution in [-0.2, 0) is 9.59 Å². The predicted octanol–water partition coefficient (Wildman–Crippen LogP) is 2.39. The Morgan fingerprint density at radius 1 is 0.808 bits per heavy atom. The highest BCUT2D eigenvalue weighted by Gasteiger charge is 2.28. The molecule has 0 bridgehead atoms. The Bertz CT molecular complexity index is 816. The number of halogens is 3. The molecule has 2 aromatic carbocycles. The van der Waals surface area contributed by atoms with Crippen LogP contribution in [0.1, 0.15) is 0 Å². The monoisotopic (exact) mass is 363 g/mol. The summed E-state index contributed by atoms with van der Waals surface area (Å²) < 4.78 is 41.0. The number of carbonyl (C=O) groups is 2. The Morgan fingerprint density at radius 3 is 2.00 bits per heavy atom. The second kappa shape index (κ2) is 7.47. The first-order valence-corrected chi connectivity index (χ1v) is 8.01. The number of nitrogens with zero attached hydrogens (tertiary/aromatic N) is 2. The van der Waals surface area contributed by atoms with Gasteiger partial charge in [0.1, 0.15) is 23.1 Å². The summed E-state index contributed by atoms with van der Waals surface area (Å²) in [5, 5.41) is 1.97. The summed E-state index contributed by atoms with van der Waals surface area (Å²) in [5.74, 6) is -4.29. The van der Waals surface area contributed by atoms with Crippen LogP contribution in [0.3, 0.4) is 0 Å². The Kier molecular flexibility index (Phi) is 5.11. The standard InChI is InChI=1S/C18H16F3N3O2/c19-12-4-1-2-7-15(12)23-8-10-24(11-9-23)18(26)17(25)22-16-13(20)5-3-6-14(16)21/h1-7H,8-11H2,(H,22,25). The molecule has 1 aliphatic heterocycles. The predicted molar refractivity (Wildman–Crippen MR) is 90.2 cm³/mol. The molecule has 0 aromatic heterocycles. The molecule has 3 rings (SSSR count). The minimum absolute atomic E-state index is 0.195. The van der Waals surface area contributed by atoms with Crippen molar-refractivity contribution < 1.29 is 22.8 Å². The zero-order valence-corrected chi connectivity index (χ0v) is 13.7. The number of hydrogen-bond acceptors (Lipinski definition) is 3. The van der Waals surface area contributed by atoms with E-state index in [-0.39, 0.29) is 18.9 Å². The van der Waals surface area contributed by atoms with Crippen LogP contribution >= 0.6 is 0 Å². The zero-order valence-electron chi connectivity index (χ0n) is 13.7. The summed E-state index contributed by atoms with van der Waals surface area (Å²) in [7, 11) is 0. The normalized spacial score (nSPS) is 14.3. The minimum atomic E-state index is -1.12. The lowest BCUT2D eigenvalue weighted by atomic mass is 10.2. The van der Waals surface area contributed by atoms with E-state index >= 15 is 0 Å². The minimum Gasteiger partial charge on any atom is -0.366 e. The lowest BCUT2D eigenvalue weighted by Crippen LogP contribution is -2.51. The van der Waals surface area contributed by atoms with E-state index in [2.05, 4.69) is 0 Å². The molecule has 1 saturated heterocycles. The number of amides is 2. The van der Waals surface area contributed by atoms with Gasteiger partial charge in [-0.25, -0.2) is 13.2 Å². The van der Waals surface area contributed by atoms with Crippen molar-refractivity contribution in [2.45, 2.75) is 0 Å². The van der Waals surface area contributed by atoms with Gasteiger partial charge in [-0.2, -0.15) is 0 Å². The van der Waals surface area contributed by atoms with Crippen LogP contribution in [0.25, 0.3) is 0 Å². The largest absolute Gasteiger partial charge is 0.366 e. The molecule has 2 aromatic rings. The molecule has 1 aliphatic rings. The average Bonchev–Trinajstić information content (AvgIpc) is 2.65. The molecule has 0 saturated carbocycles. The quantitative estimate of drug-likeness (QED) is 0.834. The number of hydrogen-bond donors (Lipinski definition) is 1. The van der Waals surface area contributed by atoms with Crippen molar-refractivity contribution in [1.29, 1.82) is 0 Å². The number of rotatable bonds is 2. The molecule has 0 aliphatic carbocycles. The second-order valence-electron chi connectivity index (χ2n) is 5.78. The van der Waals surface area contributed by atoms with E-state index in [0.717, 1.165) is 18.2 Å². The van der Waals surface area contributed by atoms with Gasteiger partial charge in [-0.05, 0) is 24.3 Å². The molecule has 136 valence electrons. The molecule has 5 nitrogen and oxygen atoms in total. The lowest BCUT2D eigenvalue weighted by molar-refractivity contribution is -0.143. The fourth-order valence-electron chi connectivity index (χ4n) is 2.79. The van der Waals surface area contributed by atoms with Crippen LogP contribution in [0.2, 0.25) is 0 Å². The molecule has 0 unspecified atom stereocenters. The summed E-state index contributed by atoms with van der Waals surface area (Å²) in [4.78, 5) is 27.3. The van der Waals surface area contributed by atoms with Crippen molar-refractivity contribution in [1.82, 2.24) is 4.90 Å². The van der Waals surface area contributed by atoms with Crippen LogP contribution in [0.4, 0.5) is 24.5 Å². The molecule has 0 atom stereocenters. The van der Waals surface area contributed by atoms with Crippen molar-refractivity contribution in [2.24, 2.45) is 0 Å². The van der Waals surface area contributed by atoms with Gasteiger partial charge in [-0.15, -0.1) is 0 Å². The SMILES string of the molecule is O=C(Nc1c(F)cccc1F)C(=O)N1CCN(c2ccccc2F)CC1. The summed E-state index contributed by atoms with van der Waals surface area (Å²) in [6, 6.07) is 9.41. The lowest BCUT2D eigenvalue weighted by Gasteiger charge is -2.35. The van der Waals surface area contributed by atoms with E-state index in [4.69, 9.17) is 0 Å². The summed E-state index contributed by atoms with van der Waals surface area (Å²) in [5.41, 5.74) is -0.228. The number of anilines is 2. The molecular formula is C18H16F3N3O2. The first-order chi connectivity index (χ1) is 12.5. The van der Waals surface area contributed by atoms with Crippen LogP contribution in [-0.4, -0.2) is 42.9 Å². The van der Waals surface area contributed by atoms with Gasteiger partial charge in [0, 0.05) is 26.2 Å². The van der Waals surface area contributed by atoms with E-state index in [1.807, 2.05) is 5.32 Å². The van der Waals surface area contributed by atoms with Crippen molar-refractivity contribution in [3.63, 3.8) is 0 Å². The van der Waals surface area contributed by atoms with Crippen LogP contribution < -0.4 is 10.2 Å². The fraction of sp³-hybridized carbons (Fsp3) is 0.222. The average molecular weight is 363 g/mol. The Morgan fingerprint density at radius 2 is 1.38 bits per heavy atom. The topological polar surface area (TPSA) is 52.7 Å². The van der Waals surface area contributed by atoms with Gasteiger partial charge in [0.25, 0.3) is 0 Å². The van der Waals surface area contributed by atoms with Gasteiger partial charge in [0.05, 0.1) is 5.69 Å². The maximum atomic E-state index is 13.8. The van der Waals surface area contributed by atoms with E-state index in [0.29, 0.717) is 18.8 Å². The molecule has 0 radical (unpaired) electrons. The molecule has 8 heteroatoms. The highest BCUT2D eigenvalue weighted by atomic mass is 19.1. The van der Waals surface area contributed by atoms with Gasteiger partial charge in [-0.3, -0.25) is 9.59 Å². The Labute approximate surface area is 148 Å². The van der Waals surface area contributed by atoms with E-state index in [9.17, 15) is 22.8 Å². The van der Waals surface area contributed by atoms with Gasteiger partial charge < -0.3 is 15.1 Å². The van der Waals surface area contributed by atoms with Crippen molar-refractivity contribution in [3.05, 3.63) is 59.9 Å². The molecule has 1 N–H and O–H groups in total. The van der Waals surface area contributed by atoms with E-state index < -0.39 is 29.1 Å².